The minimum atomic E-state index is 0.254. The Balaban J connectivity index is 1.42. The van der Waals surface area contributed by atoms with Crippen LogP contribution in [0.1, 0.15) is 26.7 Å². The van der Waals surface area contributed by atoms with E-state index < -0.39 is 0 Å². The second kappa shape index (κ2) is 10.5. The summed E-state index contributed by atoms with van der Waals surface area (Å²) in [4.78, 5) is 16.3. The Morgan fingerprint density at radius 1 is 1.21 bits per heavy atom. The zero-order chi connectivity index (χ0) is 24.1. The largest absolute Gasteiger partial charge is 0.496 e. The van der Waals surface area contributed by atoms with Gasteiger partial charge in [0.25, 0.3) is 5.82 Å². The van der Waals surface area contributed by atoms with Gasteiger partial charge in [-0.2, -0.15) is 5.10 Å². The van der Waals surface area contributed by atoms with Gasteiger partial charge in [-0.15, -0.1) is 4.98 Å². The molecule has 0 aliphatic carbocycles. The van der Waals surface area contributed by atoms with E-state index in [4.69, 9.17) is 11.3 Å². The molecule has 1 aromatic carbocycles. The molecule has 0 bridgehead atoms. The van der Waals surface area contributed by atoms with E-state index in [0.717, 1.165) is 29.2 Å². The van der Waals surface area contributed by atoms with Crippen molar-refractivity contribution in [2.24, 2.45) is 5.92 Å². The third-order valence-corrected chi connectivity index (χ3v) is 6.41. The summed E-state index contributed by atoms with van der Waals surface area (Å²) in [6.45, 7) is 14.9. The Morgan fingerprint density at radius 3 is 2.65 bits per heavy atom. The standard InChI is InChI=1S/C25H32N8O/c1-17(2)33-10-8-18(9-11-33)16-32(4)19-6-7-20(22(12-19)34-5)21-13-23(31-30-21)29-25-15-27-24(26-3)14-28-25/h6-7,12-15,17-18H,8-11,16H2,1-2,4-5H3,(H2,28,29,30,31). The lowest BCUT2D eigenvalue weighted by Gasteiger charge is -2.36. The third kappa shape index (κ3) is 5.46. The van der Waals surface area contributed by atoms with Gasteiger partial charge in [0.05, 0.1) is 19.0 Å². The van der Waals surface area contributed by atoms with Crippen molar-refractivity contribution in [3.05, 3.63) is 48.1 Å². The fourth-order valence-corrected chi connectivity index (χ4v) is 4.38. The van der Waals surface area contributed by atoms with Crippen molar-refractivity contribution < 1.29 is 4.74 Å². The first-order valence-electron chi connectivity index (χ1n) is 11.6. The molecule has 3 heterocycles. The molecule has 4 rings (SSSR count). The van der Waals surface area contributed by atoms with Crippen LogP contribution in [0.3, 0.4) is 0 Å². The van der Waals surface area contributed by atoms with Gasteiger partial charge >= 0.3 is 0 Å². The van der Waals surface area contributed by atoms with Gasteiger partial charge in [-0.25, -0.2) is 4.98 Å². The van der Waals surface area contributed by atoms with Crippen LogP contribution in [-0.4, -0.2) is 64.9 Å². The average Bonchev–Trinajstić information content (AvgIpc) is 3.32. The molecule has 3 aromatic rings. The van der Waals surface area contributed by atoms with Gasteiger partial charge in [-0.1, -0.05) is 6.57 Å². The van der Waals surface area contributed by atoms with Crippen LogP contribution in [0.25, 0.3) is 16.1 Å². The summed E-state index contributed by atoms with van der Waals surface area (Å²) in [7, 11) is 3.84. The highest BCUT2D eigenvalue weighted by molar-refractivity contribution is 5.73. The quantitative estimate of drug-likeness (QED) is 0.470. The van der Waals surface area contributed by atoms with Crippen LogP contribution in [0, 0.1) is 12.5 Å². The van der Waals surface area contributed by atoms with Crippen LogP contribution in [-0.2, 0) is 0 Å². The summed E-state index contributed by atoms with van der Waals surface area (Å²) in [5, 5.41) is 10.5. The molecule has 0 atom stereocenters. The van der Waals surface area contributed by atoms with Gasteiger partial charge < -0.3 is 24.7 Å². The van der Waals surface area contributed by atoms with Crippen LogP contribution in [0.4, 0.5) is 23.1 Å². The number of ether oxygens (including phenoxy) is 1. The fraction of sp³-hybridized carbons (Fsp3) is 0.440. The van der Waals surface area contributed by atoms with Crippen molar-refractivity contribution in [3.8, 4) is 17.0 Å². The van der Waals surface area contributed by atoms with Gasteiger partial charge in [0.1, 0.15) is 5.75 Å². The highest BCUT2D eigenvalue weighted by Crippen LogP contribution is 2.34. The predicted molar refractivity (Wildman–Crippen MR) is 135 cm³/mol. The number of hydrogen-bond donors (Lipinski definition) is 2. The highest BCUT2D eigenvalue weighted by atomic mass is 16.5. The van der Waals surface area contributed by atoms with Crippen LogP contribution < -0.4 is 15.0 Å². The molecule has 34 heavy (non-hydrogen) atoms. The number of aromatic amines is 1. The van der Waals surface area contributed by atoms with E-state index >= 15 is 0 Å². The Labute approximate surface area is 201 Å². The maximum Gasteiger partial charge on any atom is 0.288 e. The Bertz CT molecular complexity index is 1130. The summed E-state index contributed by atoms with van der Waals surface area (Å²) in [6.07, 6.45) is 5.42. The van der Waals surface area contributed by atoms with E-state index in [1.54, 1.807) is 7.11 Å². The van der Waals surface area contributed by atoms with Gasteiger partial charge in [0.15, 0.2) is 17.8 Å². The molecule has 9 nitrogen and oxygen atoms in total. The normalized spacial score (nSPS) is 14.7. The first-order valence-corrected chi connectivity index (χ1v) is 11.6. The Kier molecular flexibility index (Phi) is 7.28. The number of benzene rings is 1. The van der Waals surface area contributed by atoms with Gasteiger partial charge in [-0.05, 0) is 57.8 Å². The van der Waals surface area contributed by atoms with E-state index in [-0.39, 0.29) is 5.82 Å². The maximum absolute atomic E-state index is 6.97. The molecule has 0 amide bonds. The number of H-pyrrole nitrogens is 1. The second-order valence-corrected chi connectivity index (χ2v) is 9.00. The monoisotopic (exact) mass is 460 g/mol. The molecule has 1 aliphatic heterocycles. The van der Waals surface area contributed by atoms with Gasteiger partial charge in [0.2, 0.25) is 0 Å². The molecule has 0 saturated carbocycles. The van der Waals surface area contributed by atoms with E-state index in [1.807, 2.05) is 6.07 Å². The van der Waals surface area contributed by atoms with Gasteiger partial charge in [-0.3, -0.25) is 5.10 Å². The number of nitrogens with zero attached hydrogens (tertiary/aromatic N) is 6. The number of rotatable bonds is 8. The molecule has 1 saturated heterocycles. The lowest BCUT2D eigenvalue weighted by Crippen LogP contribution is -2.41. The van der Waals surface area contributed by atoms with E-state index in [0.29, 0.717) is 23.6 Å². The topological polar surface area (TPSA) is 86.6 Å². The highest BCUT2D eigenvalue weighted by Gasteiger charge is 2.22. The lowest BCUT2D eigenvalue weighted by atomic mass is 9.95. The third-order valence-electron chi connectivity index (χ3n) is 6.41. The van der Waals surface area contributed by atoms with Crippen molar-refractivity contribution >= 4 is 23.1 Å². The molecule has 0 unspecified atom stereocenters. The van der Waals surface area contributed by atoms with Crippen molar-refractivity contribution in [1.82, 2.24) is 25.1 Å². The fourth-order valence-electron chi connectivity index (χ4n) is 4.38. The van der Waals surface area contributed by atoms with E-state index in [1.165, 1.54) is 38.3 Å². The Morgan fingerprint density at radius 2 is 2.00 bits per heavy atom. The minimum absolute atomic E-state index is 0.254. The summed E-state index contributed by atoms with van der Waals surface area (Å²) in [5.74, 6) is 2.88. The summed E-state index contributed by atoms with van der Waals surface area (Å²) < 4.78 is 5.72. The second-order valence-electron chi connectivity index (χ2n) is 9.00. The zero-order valence-corrected chi connectivity index (χ0v) is 20.2. The van der Waals surface area contributed by atoms with Gasteiger partial charge in [0, 0.05) is 43.0 Å². The SMILES string of the molecule is [C-]#[N+]c1cnc(Nc2cc(-c3ccc(N(C)CC4CCN(C(C)C)CC4)cc3OC)[nH]n2)cn1. The van der Waals surface area contributed by atoms with Crippen molar-refractivity contribution in [2.75, 3.05) is 44.0 Å². The molecule has 2 aromatic heterocycles. The molecule has 178 valence electrons. The first kappa shape index (κ1) is 23.5. The zero-order valence-electron chi connectivity index (χ0n) is 20.2. The van der Waals surface area contributed by atoms with Crippen LogP contribution >= 0.6 is 0 Å². The van der Waals surface area contributed by atoms with Crippen LogP contribution in [0.15, 0.2) is 36.7 Å². The summed E-state index contributed by atoms with van der Waals surface area (Å²) in [5.41, 5.74) is 2.90. The molecule has 0 spiro atoms. The molecule has 1 aliphatic rings. The predicted octanol–water partition coefficient (Wildman–Crippen LogP) is 4.73. The van der Waals surface area contributed by atoms with Crippen molar-refractivity contribution in [3.63, 3.8) is 0 Å². The summed E-state index contributed by atoms with van der Waals surface area (Å²) in [6, 6.07) is 8.80. The van der Waals surface area contributed by atoms with E-state index in [9.17, 15) is 0 Å². The number of hydrogen-bond acceptors (Lipinski definition) is 7. The number of aromatic nitrogens is 4. The summed E-state index contributed by atoms with van der Waals surface area (Å²) >= 11 is 0. The van der Waals surface area contributed by atoms with E-state index in [2.05, 4.69) is 79.2 Å². The average molecular weight is 461 g/mol. The molecule has 2 N–H and O–H groups in total. The smallest absolute Gasteiger partial charge is 0.288 e. The van der Waals surface area contributed by atoms with Crippen molar-refractivity contribution in [2.45, 2.75) is 32.7 Å². The number of piperidine rings is 1. The lowest BCUT2D eigenvalue weighted by molar-refractivity contribution is 0.151. The first-order chi connectivity index (χ1) is 16.5. The Hall–Kier alpha value is -3.64. The minimum Gasteiger partial charge on any atom is -0.496 e. The number of likely N-dealkylation sites (tertiary alicyclic amines) is 1. The molecule has 1 fully saturated rings. The molecular weight excluding hydrogens is 428 g/mol. The maximum atomic E-state index is 6.97. The number of nitrogens with one attached hydrogen (secondary N) is 2. The molecule has 0 radical (unpaired) electrons. The van der Waals surface area contributed by atoms with Crippen molar-refractivity contribution in [1.29, 1.82) is 0 Å². The van der Waals surface area contributed by atoms with Crippen LogP contribution in [0.5, 0.6) is 5.75 Å². The number of methoxy groups -OCH3 is 1. The van der Waals surface area contributed by atoms with Crippen LogP contribution in [0.2, 0.25) is 0 Å². The molecular formula is C25H32N8O. The number of anilines is 3. The molecule has 9 heteroatoms.